The molecule has 0 aliphatic carbocycles. The molecule has 2 aromatic rings. The van der Waals surface area contributed by atoms with Crippen molar-refractivity contribution in [3.8, 4) is 0 Å². The minimum atomic E-state index is 0. The van der Waals surface area contributed by atoms with E-state index in [-0.39, 0.29) is 16.5 Å². The predicted molar refractivity (Wildman–Crippen MR) is 102 cm³/mol. The van der Waals surface area contributed by atoms with Crippen molar-refractivity contribution in [3.63, 3.8) is 0 Å². The molecule has 2 rings (SSSR count). The maximum Gasteiger partial charge on any atom is 0.0633 e. The molecule has 2 nitrogen and oxygen atoms in total. The Morgan fingerprint density at radius 1 is 0.917 bits per heavy atom. The van der Waals surface area contributed by atoms with Crippen molar-refractivity contribution in [1.29, 1.82) is 0 Å². The minimum absolute atomic E-state index is 0. The Morgan fingerprint density at radius 2 is 1.67 bits per heavy atom. The maximum absolute atomic E-state index is 4.75. The summed E-state index contributed by atoms with van der Waals surface area (Å²) in [7, 11) is 0. The molecule has 0 radical (unpaired) electrons. The predicted octanol–water partition coefficient (Wildman–Crippen LogP) is 6.36. The van der Waals surface area contributed by atoms with Gasteiger partial charge in [-0.25, -0.2) is 0 Å². The molecule has 130 valence electrons. The summed E-state index contributed by atoms with van der Waals surface area (Å²) in [6.45, 7) is 6.46. The maximum atomic E-state index is 4.75. The van der Waals surface area contributed by atoms with Crippen LogP contribution in [0.4, 0.5) is 11.4 Å². The van der Waals surface area contributed by atoms with Crippen LogP contribution in [0, 0.1) is 13.8 Å². The Morgan fingerprint density at radius 3 is 2.33 bits per heavy atom. The molecule has 0 amide bonds. The molecule has 0 aliphatic heterocycles. The van der Waals surface area contributed by atoms with Crippen LogP contribution in [0.2, 0.25) is 0 Å². The van der Waals surface area contributed by atoms with E-state index in [2.05, 4.69) is 44.0 Å². The number of benzene rings is 2. The molecule has 0 saturated carbocycles. The number of hydrogen-bond acceptors (Lipinski definition) is 2. The standard InChI is InChI=1S/C21H26N2.Ni/c1-4-5-7-12-21(23-19-10-8-6-9-11-19)16-22-20-14-13-17(2)18(3)15-20;/h6,8-11,13-16H,4-5,7,12H2,1-3H3;. The van der Waals surface area contributed by atoms with E-state index in [4.69, 9.17) is 4.99 Å². The molecule has 24 heavy (non-hydrogen) atoms. The van der Waals surface area contributed by atoms with Crippen LogP contribution in [0.3, 0.4) is 0 Å². The number of unbranched alkanes of at least 4 members (excludes halogenated alkanes) is 2. The van der Waals surface area contributed by atoms with E-state index < -0.39 is 0 Å². The van der Waals surface area contributed by atoms with Gasteiger partial charge in [0.1, 0.15) is 0 Å². The van der Waals surface area contributed by atoms with Gasteiger partial charge in [-0.2, -0.15) is 0 Å². The first kappa shape index (κ1) is 20.3. The van der Waals surface area contributed by atoms with Gasteiger partial charge in [-0.3, -0.25) is 9.98 Å². The van der Waals surface area contributed by atoms with Gasteiger partial charge in [-0.05, 0) is 62.1 Å². The molecule has 0 heterocycles. The Labute approximate surface area is 156 Å². The van der Waals surface area contributed by atoms with Gasteiger partial charge in [-0.1, -0.05) is 44.0 Å². The van der Waals surface area contributed by atoms with Crippen LogP contribution in [-0.4, -0.2) is 11.9 Å². The molecule has 0 spiro atoms. The van der Waals surface area contributed by atoms with E-state index in [1.165, 1.54) is 24.0 Å². The molecule has 0 atom stereocenters. The number of hydrogen-bond donors (Lipinski definition) is 0. The van der Waals surface area contributed by atoms with Gasteiger partial charge in [0.05, 0.1) is 17.1 Å². The molecule has 0 N–H and O–H groups in total. The molecular weight excluding hydrogens is 339 g/mol. The van der Waals surface area contributed by atoms with Crippen molar-refractivity contribution >= 4 is 23.3 Å². The van der Waals surface area contributed by atoms with E-state index in [1.54, 1.807) is 0 Å². The van der Waals surface area contributed by atoms with Crippen LogP contribution < -0.4 is 0 Å². The van der Waals surface area contributed by atoms with Crippen LogP contribution in [0.5, 0.6) is 0 Å². The summed E-state index contributed by atoms with van der Waals surface area (Å²) >= 11 is 0. The van der Waals surface area contributed by atoms with Crippen molar-refractivity contribution in [2.75, 3.05) is 0 Å². The van der Waals surface area contributed by atoms with Crippen LogP contribution >= 0.6 is 0 Å². The first-order valence-electron chi connectivity index (χ1n) is 8.43. The Bertz CT molecular complexity index is 675. The fourth-order valence-electron chi connectivity index (χ4n) is 2.33. The zero-order valence-electron chi connectivity index (χ0n) is 14.7. The number of nitrogens with zero attached hydrogens (tertiary/aromatic N) is 2. The van der Waals surface area contributed by atoms with Gasteiger partial charge in [0.25, 0.3) is 0 Å². The van der Waals surface area contributed by atoms with Gasteiger partial charge in [0.15, 0.2) is 0 Å². The summed E-state index contributed by atoms with van der Waals surface area (Å²) in [5.41, 5.74) is 5.59. The molecule has 0 fully saturated rings. The third-order valence-electron chi connectivity index (χ3n) is 3.92. The Hall–Kier alpha value is -1.73. The molecule has 3 heteroatoms. The Balaban J connectivity index is 0.00000288. The van der Waals surface area contributed by atoms with Crippen molar-refractivity contribution in [2.24, 2.45) is 9.98 Å². The number of aryl methyl sites for hydroxylation is 2. The van der Waals surface area contributed by atoms with Crippen LogP contribution in [-0.2, 0) is 16.5 Å². The third-order valence-corrected chi connectivity index (χ3v) is 3.92. The van der Waals surface area contributed by atoms with Crippen molar-refractivity contribution in [3.05, 3.63) is 59.7 Å². The fraction of sp³-hybridized carbons (Fsp3) is 0.333. The van der Waals surface area contributed by atoms with E-state index in [0.717, 1.165) is 29.9 Å². The average Bonchev–Trinajstić information content (AvgIpc) is 2.56. The van der Waals surface area contributed by atoms with Gasteiger partial charge in [0, 0.05) is 22.7 Å². The minimum Gasteiger partial charge on any atom is -0.255 e. The monoisotopic (exact) mass is 364 g/mol. The van der Waals surface area contributed by atoms with Gasteiger partial charge in [-0.15, -0.1) is 0 Å². The van der Waals surface area contributed by atoms with Crippen LogP contribution in [0.25, 0.3) is 0 Å². The summed E-state index contributed by atoms with van der Waals surface area (Å²) in [6.07, 6.45) is 6.49. The zero-order chi connectivity index (χ0) is 16.5. The largest absolute Gasteiger partial charge is 0.255 e. The van der Waals surface area contributed by atoms with Crippen molar-refractivity contribution in [2.45, 2.75) is 46.5 Å². The summed E-state index contributed by atoms with van der Waals surface area (Å²) in [4.78, 5) is 9.38. The number of aliphatic imine (C=N–C) groups is 2. The topological polar surface area (TPSA) is 24.7 Å². The molecule has 0 unspecified atom stereocenters. The third kappa shape index (κ3) is 6.80. The molecule has 0 aliphatic rings. The molecule has 2 aromatic carbocycles. The van der Waals surface area contributed by atoms with Gasteiger partial charge in [0.2, 0.25) is 0 Å². The van der Waals surface area contributed by atoms with E-state index in [0.29, 0.717) is 0 Å². The first-order chi connectivity index (χ1) is 11.2. The van der Waals surface area contributed by atoms with E-state index >= 15 is 0 Å². The molecule has 0 aromatic heterocycles. The normalized spacial score (nSPS) is 11.5. The second-order valence-electron chi connectivity index (χ2n) is 5.92. The summed E-state index contributed by atoms with van der Waals surface area (Å²) in [6, 6.07) is 16.4. The number of rotatable bonds is 7. The zero-order valence-corrected chi connectivity index (χ0v) is 15.7. The first-order valence-corrected chi connectivity index (χ1v) is 8.43. The van der Waals surface area contributed by atoms with Crippen LogP contribution in [0.1, 0.15) is 43.7 Å². The fourth-order valence-corrected chi connectivity index (χ4v) is 2.33. The van der Waals surface area contributed by atoms with Crippen LogP contribution in [0.15, 0.2) is 58.5 Å². The molecule has 0 bridgehead atoms. The van der Waals surface area contributed by atoms with Crippen molar-refractivity contribution in [1.82, 2.24) is 0 Å². The van der Waals surface area contributed by atoms with Gasteiger partial charge < -0.3 is 0 Å². The second kappa shape index (κ2) is 10.9. The molecular formula is C21H26N2Ni. The summed E-state index contributed by atoms with van der Waals surface area (Å²) in [5.74, 6) is 0. The van der Waals surface area contributed by atoms with E-state index in [9.17, 15) is 0 Å². The molecule has 0 saturated heterocycles. The quantitative estimate of drug-likeness (QED) is 0.310. The summed E-state index contributed by atoms with van der Waals surface area (Å²) in [5, 5.41) is 0. The van der Waals surface area contributed by atoms with E-state index in [1.807, 2.05) is 36.5 Å². The number of para-hydroxylation sites is 1. The smallest absolute Gasteiger partial charge is 0.0633 e. The SMILES string of the molecule is CCCCCC(C=Nc1ccc(C)c(C)c1)=Nc1ccccc1.[Ni]. The van der Waals surface area contributed by atoms with Gasteiger partial charge >= 0.3 is 0 Å². The Kier molecular flexibility index (Phi) is 9.26. The average molecular weight is 365 g/mol. The second-order valence-corrected chi connectivity index (χ2v) is 5.92. The summed E-state index contributed by atoms with van der Waals surface area (Å²) < 4.78 is 0. The van der Waals surface area contributed by atoms with Crippen molar-refractivity contribution < 1.29 is 16.5 Å².